The maximum absolute atomic E-state index is 13.3. The molecule has 1 aromatic carbocycles. The van der Waals surface area contributed by atoms with E-state index < -0.39 is 11.6 Å². The van der Waals surface area contributed by atoms with Crippen LogP contribution in [-0.4, -0.2) is 0 Å². The third-order valence-corrected chi connectivity index (χ3v) is 5.78. The monoisotopic (exact) mass is 406 g/mol. The zero-order valence-corrected chi connectivity index (χ0v) is 17.4. The van der Waals surface area contributed by atoms with Gasteiger partial charge in [-0.05, 0) is 62.2 Å². The minimum Gasteiger partial charge on any atom is -0.236 e. The molecular weight excluding hydrogens is 379 g/mol. The zero-order valence-electron chi connectivity index (χ0n) is 14.6. The molecular formula is C21H27F2Y+2. The molecule has 2 aliphatic carbocycles. The maximum atomic E-state index is 13.3. The van der Waals surface area contributed by atoms with Gasteiger partial charge in [-0.15, -0.1) is 23.8 Å². The van der Waals surface area contributed by atoms with Crippen molar-refractivity contribution < 1.29 is 41.5 Å². The molecule has 1 aromatic rings. The van der Waals surface area contributed by atoms with E-state index in [1.807, 2.05) is 0 Å². The van der Waals surface area contributed by atoms with Gasteiger partial charge in [0.05, 0.1) is 0 Å². The molecule has 126 valence electrons. The summed E-state index contributed by atoms with van der Waals surface area (Å²) in [5.74, 6) is 1.47. The van der Waals surface area contributed by atoms with Crippen LogP contribution in [0.15, 0.2) is 24.3 Å². The predicted molar refractivity (Wildman–Crippen MR) is 90.2 cm³/mol. The average molecular weight is 406 g/mol. The van der Waals surface area contributed by atoms with E-state index in [2.05, 4.69) is 25.1 Å². The summed E-state index contributed by atoms with van der Waals surface area (Å²) in [6, 6.07) is 4.98. The van der Waals surface area contributed by atoms with Gasteiger partial charge in [-0.25, -0.2) is 8.78 Å². The fraction of sp³-hybridized carbons (Fsp3) is 0.619. The van der Waals surface area contributed by atoms with Crippen LogP contribution in [0.2, 0.25) is 0 Å². The number of allylic oxidation sites excluding steroid dienone is 2. The average Bonchev–Trinajstić information content (AvgIpc) is 2.54. The number of benzene rings is 1. The largest absolute Gasteiger partial charge is 3.00 e. The molecule has 0 aliphatic heterocycles. The molecule has 2 aliphatic rings. The van der Waals surface area contributed by atoms with Crippen LogP contribution in [-0.2, 0) is 32.7 Å². The van der Waals surface area contributed by atoms with E-state index in [0.717, 1.165) is 43.1 Å². The fourth-order valence-electron chi connectivity index (χ4n) is 4.19. The van der Waals surface area contributed by atoms with E-state index in [1.165, 1.54) is 37.8 Å². The molecule has 0 atom stereocenters. The normalized spacial score (nSPS) is 31.0. The van der Waals surface area contributed by atoms with Gasteiger partial charge in [-0.1, -0.05) is 31.9 Å². The molecule has 0 bridgehead atoms. The zero-order chi connectivity index (χ0) is 16.2. The second-order valence-corrected chi connectivity index (χ2v) is 7.63. The van der Waals surface area contributed by atoms with Crippen LogP contribution < -0.4 is 0 Å². The molecule has 0 aromatic heterocycles. The number of hydrogen-bond donors (Lipinski definition) is 0. The van der Waals surface area contributed by atoms with E-state index in [-0.39, 0.29) is 32.7 Å². The van der Waals surface area contributed by atoms with Crippen LogP contribution in [0.3, 0.4) is 0 Å². The SMILES string of the molecule is CC1CCC(/C=C/C2CCC(c3cc(F)[c-]c(F)c3)CC2)CC1.[Y+3]. The van der Waals surface area contributed by atoms with Crippen molar-refractivity contribution in [2.24, 2.45) is 17.8 Å². The van der Waals surface area contributed by atoms with Crippen molar-refractivity contribution in [2.75, 3.05) is 0 Å². The van der Waals surface area contributed by atoms with Crippen LogP contribution in [0.1, 0.15) is 69.8 Å². The first-order valence-electron chi connectivity index (χ1n) is 9.16. The Kier molecular flexibility index (Phi) is 8.07. The Hall–Kier alpha value is -0.0761. The first kappa shape index (κ1) is 20.2. The van der Waals surface area contributed by atoms with Gasteiger partial charge in [0.1, 0.15) is 0 Å². The first-order valence-corrected chi connectivity index (χ1v) is 9.16. The molecule has 0 heterocycles. The Morgan fingerprint density at radius 1 is 0.833 bits per heavy atom. The second-order valence-electron chi connectivity index (χ2n) is 7.63. The third-order valence-electron chi connectivity index (χ3n) is 5.78. The van der Waals surface area contributed by atoms with Gasteiger partial charge >= 0.3 is 32.7 Å². The number of halogens is 2. The standard InChI is InChI=1S/C21H27F2.Y/c1-15-2-4-16(5-3-15)6-7-17-8-10-18(11-9-17)19-12-20(22)14-21(23)13-19;/h6-7,12-13,15-18H,2-5,8-11H2,1H3;/q-1;+3/b7-6+;. The minimum absolute atomic E-state index is 0. The quantitative estimate of drug-likeness (QED) is 0.402. The summed E-state index contributed by atoms with van der Waals surface area (Å²) < 4.78 is 26.6. The Balaban J connectivity index is 0.00000208. The van der Waals surface area contributed by atoms with E-state index in [4.69, 9.17) is 0 Å². The topological polar surface area (TPSA) is 0 Å². The molecule has 0 amide bonds. The number of hydrogen-bond acceptors (Lipinski definition) is 0. The van der Waals surface area contributed by atoms with E-state index in [1.54, 1.807) is 0 Å². The Morgan fingerprint density at radius 3 is 1.79 bits per heavy atom. The summed E-state index contributed by atoms with van der Waals surface area (Å²) in [5, 5.41) is 0. The molecule has 0 saturated heterocycles. The van der Waals surface area contributed by atoms with Gasteiger partial charge in [0.25, 0.3) is 0 Å². The van der Waals surface area contributed by atoms with Crippen molar-refractivity contribution in [1.29, 1.82) is 0 Å². The van der Waals surface area contributed by atoms with E-state index >= 15 is 0 Å². The second kappa shape index (κ2) is 9.57. The van der Waals surface area contributed by atoms with Gasteiger partial charge in [-0.3, -0.25) is 0 Å². The fourth-order valence-corrected chi connectivity index (χ4v) is 4.19. The van der Waals surface area contributed by atoms with E-state index in [9.17, 15) is 8.78 Å². The Bertz CT molecular complexity index is 519. The van der Waals surface area contributed by atoms with Crippen molar-refractivity contribution in [3.05, 3.63) is 47.5 Å². The Labute approximate surface area is 170 Å². The Morgan fingerprint density at radius 2 is 1.29 bits per heavy atom. The van der Waals surface area contributed by atoms with Crippen molar-refractivity contribution in [3.8, 4) is 0 Å². The van der Waals surface area contributed by atoms with Crippen LogP contribution in [0.4, 0.5) is 8.78 Å². The molecule has 3 heteroatoms. The molecule has 3 rings (SSSR count). The van der Waals surface area contributed by atoms with Crippen LogP contribution >= 0.6 is 0 Å². The van der Waals surface area contributed by atoms with Crippen molar-refractivity contribution in [1.82, 2.24) is 0 Å². The van der Waals surface area contributed by atoms with Gasteiger partial charge < -0.3 is 0 Å². The molecule has 0 spiro atoms. The predicted octanol–water partition coefficient (Wildman–Crippen LogP) is 6.42. The molecule has 0 N–H and O–H groups in total. The summed E-state index contributed by atoms with van der Waals surface area (Å²) in [6.45, 7) is 2.36. The minimum atomic E-state index is -0.575. The van der Waals surface area contributed by atoms with Gasteiger partial charge in [0.15, 0.2) is 0 Å². The molecule has 2 saturated carbocycles. The van der Waals surface area contributed by atoms with Crippen LogP contribution in [0.25, 0.3) is 0 Å². The van der Waals surface area contributed by atoms with Crippen molar-refractivity contribution >= 4 is 0 Å². The summed E-state index contributed by atoms with van der Waals surface area (Å²) in [6.07, 6.45) is 14.6. The van der Waals surface area contributed by atoms with Crippen molar-refractivity contribution in [3.63, 3.8) is 0 Å². The van der Waals surface area contributed by atoms with Crippen molar-refractivity contribution in [2.45, 2.75) is 64.2 Å². The molecule has 0 radical (unpaired) electrons. The van der Waals surface area contributed by atoms with Crippen LogP contribution in [0.5, 0.6) is 0 Å². The number of rotatable bonds is 3. The summed E-state index contributed by atoms with van der Waals surface area (Å²) in [7, 11) is 0. The molecule has 0 unspecified atom stereocenters. The summed E-state index contributed by atoms with van der Waals surface area (Å²) >= 11 is 0. The first-order chi connectivity index (χ1) is 11.1. The third kappa shape index (κ3) is 5.73. The van der Waals surface area contributed by atoms with Gasteiger partial charge in [0.2, 0.25) is 0 Å². The molecule has 0 nitrogen and oxygen atoms in total. The maximum Gasteiger partial charge on any atom is 3.00 e. The van der Waals surface area contributed by atoms with Gasteiger partial charge in [-0.2, -0.15) is 0 Å². The van der Waals surface area contributed by atoms with Crippen LogP contribution in [0, 0.1) is 35.5 Å². The van der Waals surface area contributed by atoms with E-state index in [0.29, 0.717) is 11.8 Å². The molecule has 24 heavy (non-hydrogen) atoms. The van der Waals surface area contributed by atoms with Gasteiger partial charge in [0, 0.05) is 11.6 Å². The smallest absolute Gasteiger partial charge is 0.236 e. The summed E-state index contributed by atoms with van der Waals surface area (Å²) in [5.41, 5.74) is 0.808. The molecule has 2 fully saturated rings. The summed E-state index contributed by atoms with van der Waals surface area (Å²) in [4.78, 5) is 0.